The summed E-state index contributed by atoms with van der Waals surface area (Å²) in [5.41, 5.74) is 2.49. The molecule has 0 aliphatic carbocycles. The van der Waals surface area contributed by atoms with Gasteiger partial charge >= 0.3 is 0 Å². The van der Waals surface area contributed by atoms with Gasteiger partial charge in [-0.3, -0.25) is 0 Å². The summed E-state index contributed by atoms with van der Waals surface area (Å²) in [6, 6.07) is 19.6. The Morgan fingerprint density at radius 2 is 1.68 bits per heavy atom. The molecule has 144 valence electrons. The first kappa shape index (κ1) is 20.8. The summed E-state index contributed by atoms with van der Waals surface area (Å²) in [5.74, 6) is -0.122. The van der Waals surface area contributed by atoms with Gasteiger partial charge in [0.25, 0.3) is 0 Å². The number of halogens is 3. The van der Waals surface area contributed by atoms with Gasteiger partial charge in [0, 0.05) is 28.8 Å². The number of aromatic hydroxyl groups is 1. The van der Waals surface area contributed by atoms with Crippen LogP contribution in [0.3, 0.4) is 0 Å². The zero-order chi connectivity index (χ0) is 20.1. The average molecular weight is 524 g/mol. The molecule has 3 rings (SSSR count). The molecule has 0 fully saturated rings. The molecule has 3 aromatic rings. The number of rotatable bonds is 5. The summed E-state index contributed by atoms with van der Waals surface area (Å²) in [6.45, 7) is 0.836. The van der Waals surface area contributed by atoms with Crippen LogP contribution in [0, 0.1) is 5.82 Å². The van der Waals surface area contributed by atoms with Crippen molar-refractivity contribution in [1.29, 1.82) is 0 Å². The first-order chi connectivity index (χ1) is 13.4. The molecule has 0 radical (unpaired) electrons. The van der Waals surface area contributed by atoms with Crippen molar-refractivity contribution in [2.45, 2.75) is 13.1 Å². The number of benzene rings is 3. The molecule has 3 aromatic carbocycles. The van der Waals surface area contributed by atoms with E-state index < -0.39 is 0 Å². The minimum Gasteiger partial charge on any atom is -0.506 e. The lowest BCUT2D eigenvalue weighted by atomic mass is 10.1. The Hall–Kier alpha value is -1.96. The van der Waals surface area contributed by atoms with Gasteiger partial charge in [0.2, 0.25) is 0 Å². The molecule has 0 spiro atoms. The highest BCUT2D eigenvalue weighted by atomic mass is 79.9. The summed E-state index contributed by atoms with van der Waals surface area (Å²) in [7, 11) is 0. The van der Waals surface area contributed by atoms with Crippen LogP contribution in [-0.2, 0) is 13.1 Å². The van der Waals surface area contributed by atoms with Gasteiger partial charge in [-0.1, -0.05) is 46.3 Å². The van der Waals surface area contributed by atoms with Crippen LogP contribution in [-0.4, -0.2) is 15.1 Å². The van der Waals surface area contributed by atoms with Gasteiger partial charge in [-0.05, 0) is 70.1 Å². The van der Waals surface area contributed by atoms with E-state index in [4.69, 9.17) is 12.2 Å². The third kappa shape index (κ3) is 5.53. The molecule has 0 aliphatic heterocycles. The molecule has 0 bridgehead atoms. The number of thiocarbonyl (C=S) groups is 1. The van der Waals surface area contributed by atoms with E-state index in [9.17, 15) is 9.50 Å². The van der Waals surface area contributed by atoms with Crippen LogP contribution in [0.5, 0.6) is 5.75 Å². The highest BCUT2D eigenvalue weighted by Crippen LogP contribution is 2.33. The summed E-state index contributed by atoms with van der Waals surface area (Å²) >= 11 is 12.4. The Balaban J connectivity index is 1.87. The average Bonchev–Trinajstić information content (AvgIpc) is 2.67. The number of phenolic OH excluding ortho intramolecular Hbond substituents is 1. The smallest absolute Gasteiger partial charge is 0.174 e. The first-order valence-electron chi connectivity index (χ1n) is 8.44. The maximum absolute atomic E-state index is 13.3. The lowest BCUT2D eigenvalue weighted by Gasteiger charge is -2.27. The van der Waals surface area contributed by atoms with Crippen molar-refractivity contribution in [2.75, 3.05) is 5.32 Å². The highest BCUT2D eigenvalue weighted by molar-refractivity contribution is 9.11. The number of hydrogen-bond donors (Lipinski definition) is 2. The Morgan fingerprint density at radius 1 is 1.00 bits per heavy atom. The second kappa shape index (κ2) is 9.49. The molecule has 0 atom stereocenters. The molecule has 0 saturated heterocycles. The largest absolute Gasteiger partial charge is 0.506 e. The molecule has 7 heteroatoms. The van der Waals surface area contributed by atoms with Gasteiger partial charge in [-0.15, -0.1) is 0 Å². The number of nitrogens with one attached hydrogen (secondary N) is 1. The molecular weight excluding hydrogens is 507 g/mol. The fourth-order valence-electron chi connectivity index (χ4n) is 2.68. The molecule has 0 heterocycles. The molecule has 0 amide bonds. The van der Waals surface area contributed by atoms with E-state index in [1.807, 2.05) is 41.3 Å². The minimum atomic E-state index is -0.283. The molecule has 0 aromatic heterocycles. The van der Waals surface area contributed by atoms with Crippen molar-refractivity contribution in [3.05, 3.63) is 92.6 Å². The fourth-order valence-corrected chi connectivity index (χ4v) is 4.24. The van der Waals surface area contributed by atoms with Gasteiger partial charge in [0.15, 0.2) is 5.11 Å². The normalized spacial score (nSPS) is 10.5. The molecule has 0 saturated carbocycles. The predicted molar refractivity (Wildman–Crippen MR) is 122 cm³/mol. The molecule has 3 nitrogen and oxygen atoms in total. The monoisotopic (exact) mass is 522 g/mol. The van der Waals surface area contributed by atoms with Gasteiger partial charge in [0.05, 0.1) is 4.47 Å². The van der Waals surface area contributed by atoms with Gasteiger partial charge in [0.1, 0.15) is 11.6 Å². The number of hydrogen-bond acceptors (Lipinski definition) is 2. The number of nitrogens with zero attached hydrogens (tertiary/aromatic N) is 1. The molecule has 0 unspecified atom stereocenters. The summed E-state index contributed by atoms with van der Waals surface area (Å²) in [6.07, 6.45) is 0. The van der Waals surface area contributed by atoms with E-state index in [1.165, 1.54) is 12.1 Å². The zero-order valence-corrected chi connectivity index (χ0v) is 18.7. The van der Waals surface area contributed by atoms with Crippen LogP contribution in [0.25, 0.3) is 0 Å². The van der Waals surface area contributed by atoms with Crippen LogP contribution >= 0.6 is 44.1 Å². The molecule has 0 aliphatic rings. The Bertz CT molecular complexity index is 968. The van der Waals surface area contributed by atoms with E-state index in [0.717, 1.165) is 15.7 Å². The minimum absolute atomic E-state index is 0.162. The summed E-state index contributed by atoms with van der Waals surface area (Å²) < 4.78 is 14.7. The van der Waals surface area contributed by atoms with E-state index >= 15 is 0 Å². The van der Waals surface area contributed by atoms with Gasteiger partial charge < -0.3 is 15.3 Å². The van der Waals surface area contributed by atoms with Gasteiger partial charge in [-0.2, -0.15) is 0 Å². The van der Waals surface area contributed by atoms with Crippen LogP contribution < -0.4 is 5.32 Å². The van der Waals surface area contributed by atoms with Crippen molar-refractivity contribution >= 4 is 54.9 Å². The maximum Gasteiger partial charge on any atom is 0.174 e. The number of phenols is 1. The first-order valence-corrected chi connectivity index (χ1v) is 10.4. The molecular formula is C21H17Br2FN2OS. The fraction of sp³-hybridized carbons (Fsp3) is 0.0952. The van der Waals surface area contributed by atoms with Crippen molar-refractivity contribution in [3.63, 3.8) is 0 Å². The van der Waals surface area contributed by atoms with Crippen molar-refractivity contribution in [2.24, 2.45) is 0 Å². The van der Waals surface area contributed by atoms with Crippen LogP contribution in [0.4, 0.5) is 10.1 Å². The van der Waals surface area contributed by atoms with Gasteiger partial charge in [-0.25, -0.2) is 4.39 Å². The predicted octanol–water partition coefficient (Wildman–Crippen LogP) is 6.46. The Labute approximate surface area is 185 Å². The standard InChI is InChI=1S/C21H17Br2FN2OS/c22-16-10-15(20(27)19(23)11-16)13-26(12-14-6-8-17(24)9-7-14)21(28)25-18-4-2-1-3-5-18/h1-11,27H,12-13H2,(H,25,28). The quantitative estimate of drug-likeness (QED) is 0.376. The lowest BCUT2D eigenvalue weighted by molar-refractivity contribution is 0.393. The van der Waals surface area contributed by atoms with E-state index in [1.54, 1.807) is 18.2 Å². The van der Waals surface area contributed by atoms with Crippen molar-refractivity contribution in [3.8, 4) is 5.75 Å². The SMILES string of the molecule is Oc1c(Br)cc(Br)cc1CN(Cc1ccc(F)cc1)C(=S)Nc1ccccc1. The topological polar surface area (TPSA) is 35.5 Å². The second-order valence-electron chi connectivity index (χ2n) is 6.17. The molecule has 28 heavy (non-hydrogen) atoms. The van der Waals surface area contributed by atoms with Crippen LogP contribution in [0.1, 0.15) is 11.1 Å². The molecule has 2 N–H and O–H groups in total. The zero-order valence-electron chi connectivity index (χ0n) is 14.7. The lowest BCUT2D eigenvalue weighted by Crippen LogP contribution is -2.33. The van der Waals surface area contributed by atoms with Crippen molar-refractivity contribution in [1.82, 2.24) is 4.90 Å². The Kier molecular flexibility index (Phi) is 7.04. The summed E-state index contributed by atoms with van der Waals surface area (Å²) in [5, 5.41) is 14.2. The number of anilines is 1. The second-order valence-corrected chi connectivity index (χ2v) is 8.33. The highest BCUT2D eigenvalue weighted by Gasteiger charge is 2.16. The van der Waals surface area contributed by atoms with Crippen LogP contribution in [0.15, 0.2) is 75.7 Å². The Morgan fingerprint density at radius 3 is 2.36 bits per heavy atom. The number of para-hydroxylation sites is 1. The van der Waals surface area contributed by atoms with E-state index in [-0.39, 0.29) is 11.6 Å². The third-order valence-corrected chi connectivity index (χ3v) is 5.49. The van der Waals surface area contributed by atoms with E-state index in [0.29, 0.717) is 28.2 Å². The van der Waals surface area contributed by atoms with E-state index in [2.05, 4.69) is 37.2 Å². The van der Waals surface area contributed by atoms with Crippen molar-refractivity contribution < 1.29 is 9.50 Å². The van der Waals surface area contributed by atoms with Crippen LogP contribution in [0.2, 0.25) is 0 Å². The maximum atomic E-state index is 13.3. The third-order valence-electron chi connectivity index (χ3n) is 4.07. The summed E-state index contributed by atoms with van der Waals surface area (Å²) in [4.78, 5) is 1.92.